The van der Waals surface area contributed by atoms with Gasteiger partial charge in [-0.05, 0) is 24.3 Å². The average molecular weight is 294 g/mol. The van der Waals surface area contributed by atoms with Crippen molar-refractivity contribution in [2.75, 3.05) is 5.32 Å². The molecule has 0 saturated carbocycles. The summed E-state index contributed by atoms with van der Waals surface area (Å²) in [7, 11) is 0. The molecule has 6 nitrogen and oxygen atoms in total. The van der Waals surface area contributed by atoms with Crippen LogP contribution in [0.3, 0.4) is 0 Å². The fourth-order valence-corrected chi connectivity index (χ4v) is 1.72. The largest absolute Gasteiger partial charge is 0.326 e. The molecule has 1 aromatic heterocycles. The van der Waals surface area contributed by atoms with Crippen molar-refractivity contribution in [2.24, 2.45) is 0 Å². The number of carbonyl (C=O) groups is 1. The molecule has 0 aliphatic carbocycles. The normalized spacial score (nSPS) is 10.2. The predicted octanol–water partition coefficient (Wildman–Crippen LogP) is 1.22. The number of aryl methyl sites for hydroxylation is 1. The van der Waals surface area contributed by atoms with E-state index in [9.17, 15) is 14.4 Å². The number of aromatic amines is 1. The van der Waals surface area contributed by atoms with Crippen LogP contribution in [0.5, 0.6) is 0 Å². The highest BCUT2D eigenvalue weighted by molar-refractivity contribution is 6.30. The van der Waals surface area contributed by atoms with Crippen molar-refractivity contribution in [2.45, 2.75) is 13.0 Å². The van der Waals surface area contributed by atoms with Crippen LogP contribution in [-0.2, 0) is 11.3 Å². The Balaban J connectivity index is 1.95. The van der Waals surface area contributed by atoms with Crippen molar-refractivity contribution in [1.82, 2.24) is 9.78 Å². The maximum atomic E-state index is 11.7. The summed E-state index contributed by atoms with van der Waals surface area (Å²) < 4.78 is 1.10. The molecule has 0 atom stereocenters. The van der Waals surface area contributed by atoms with Gasteiger partial charge in [0.25, 0.3) is 11.1 Å². The van der Waals surface area contributed by atoms with Crippen molar-refractivity contribution in [1.29, 1.82) is 0 Å². The molecule has 0 fully saturated rings. The Morgan fingerprint density at radius 2 is 1.85 bits per heavy atom. The molecule has 1 amide bonds. The second kappa shape index (κ2) is 6.21. The first-order chi connectivity index (χ1) is 9.54. The zero-order valence-electron chi connectivity index (χ0n) is 10.4. The summed E-state index contributed by atoms with van der Waals surface area (Å²) in [5.41, 5.74) is -0.125. The van der Waals surface area contributed by atoms with Gasteiger partial charge in [-0.2, -0.15) is 0 Å². The van der Waals surface area contributed by atoms with E-state index in [1.165, 1.54) is 0 Å². The minimum Gasteiger partial charge on any atom is -0.326 e. The Labute approximate surface area is 119 Å². The number of halogens is 1. The second-order valence-corrected chi connectivity index (χ2v) is 4.54. The van der Waals surface area contributed by atoms with Crippen molar-refractivity contribution < 1.29 is 4.79 Å². The standard InChI is InChI=1S/C13H12ClN3O3/c14-9-1-3-10(4-2-9)15-11(18)7-8-17-13(20)6-5-12(19)16-17/h1-6H,7-8H2,(H,15,18)(H,16,19). The second-order valence-electron chi connectivity index (χ2n) is 4.10. The van der Waals surface area contributed by atoms with Crippen LogP contribution >= 0.6 is 11.6 Å². The molecule has 0 saturated heterocycles. The molecule has 0 aliphatic rings. The van der Waals surface area contributed by atoms with Gasteiger partial charge in [-0.25, -0.2) is 4.68 Å². The van der Waals surface area contributed by atoms with Gasteiger partial charge in [0.2, 0.25) is 5.91 Å². The van der Waals surface area contributed by atoms with Crippen LogP contribution in [0.15, 0.2) is 46.0 Å². The number of H-pyrrole nitrogens is 1. The van der Waals surface area contributed by atoms with Gasteiger partial charge in [0.1, 0.15) is 0 Å². The lowest BCUT2D eigenvalue weighted by Gasteiger charge is -2.06. The fraction of sp³-hybridized carbons (Fsp3) is 0.154. The maximum absolute atomic E-state index is 11.7. The lowest BCUT2D eigenvalue weighted by atomic mass is 10.3. The summed E-state index contributed by atoms with van der Waals surface area (Å²) in [6.07, 6.45) is 0.0719. The molecular formula is C13H12ClN3O3. The van der Waals surface area contributed by atoms with Crippen LogP contribution in [0.2, 0.25) is 5.02 Å². The number of rotatable bonds is 4. The maximum Gasteiger partial charge on any atom is 0.265 e. The van der Waals surface area contributed by atoms with E-state index in [4.69, 9.17) is 11.6 Å². The third kappa shape index (κ3) is 3.83. The quantitative estimate of drug-likeness (QED) is 0.889. The summed E-state index contributed by atoms with van der Waals surface area (Å²) >= 11 is 5.74. The van der Waals surface area contributed by atoms with Gasteiger partial charge >= 0.3 is 0 Å². The first-order valence-corrected chi connectivity index (χ1v) is 6.28. The SMILES string of the molecule is O=C(CCn1[nH]c(=O)ccc1=O)Nc1ccc(Cl)cc1. The fourth-order valence-electron chi connectivity index (χ4n) is 1.60. The van der Waals surface area contributed by atoms with Crippen molar-refractivity contribution in [3.05, 3.63) is 62.1 Å². The zero-order valence-corrected chi connectivity index (χ0v) is 11.2. The number of hydrogen-bond acceptors (Lipinski definition) is 3. The third-order valence-corrected chi connectivity index (χ3v) is 2.83. The number of benzene rings is 1. The molecule has 0 radical (unpaired) electrons. The van der Waals surface area contributed by atoms with E-state index in [2.05, 4.69) is 10.4 Å². The molecule has 1 heterocycles. The Hall–Kier alpha value is -2.34. The highest BCUT2D eigenvalue weighted by atomic mass is 35.5. The number of carbonyl (C=O) groups excluding carboxylic acids is 1. The number of anilines is 1. The molecule has 0 unspecified atom stereocenters. The van der Waals surface area contributed by atoms with Gasteiger partial charge in [-0.3, -0.25) is 19.5 Å². The van der Waals surface area contributed by atoms with Crippen LogP contribution in [0.25, 0.3) is 0 Å². The summed E-state index contributed by atoms with van der Waals surface area (Å²) in [6, 6.07) is 8.99. The smallest absolute Gasteiger partial charge is 0.265 e. The van der Waals surface area contributed by atoms with Gasteiger partial charge in [0, 0.05) is 29.3 Å². The number of amides is 1. The molecule has 104 valence electrons. The highest BCUT2D eigenvalue weighted by Crippen LogP contribution is 2.13. The minimum absolute atomic E-state index is 0.0719. The highest BCUT2D eigenvalue weighted by Gasteiger charge is 2.04. The van der Waals surface area contributed by atoms with Crippen molar-refractivity contribution in [3.8, 4) is 0 Å². The number of aromatic nitrogens is 2. The van der Waals surface area contributed by atoms with Gasteiger partial charge in [0.05, 0.1) is 6.54 Å². The molecule has 1 aromatic carbocycles. The van der Waals surface area contributed by atoms with Crippen LogP contribution < -0.4 is 16.4 Å². The summed E-state index contributed by atoms with van der Waals surface area (Å²) in [4.78, 5) is 34.2. The minimum atomic E-state index is -0.386. The molecule has 0 aliphatic heterocycles. The van der Waals surface area contributed by atoms with Crippen molar-refractivity contribution in [3.63, 3.8) is 0 Å². The third-order valence-electron chi connectivity index (χ3n) is 2.58. The molecular weight excluding hydrogens is 282 g/mol. The van der Waals surface area contributed by atoms with E-state index in [0.29, 0.717) is 10.7 Å². The Kier molecular flexibility index (Phi) is 4.37. The Bertz CT molecular complexity index is 719. The van der Waals surface area contributed by atoms with Crippen molar-refractivity contribution >= 4 is 23.2 Å². The molecule has 2 aromatic rings. The molecule has 2 N–H and O–H groups in total. The van der Waals surface area contributed by atoms with E-state index in [1.54, 1.807) is 24.3 Å². The number of nitrogens with zero attached hydrogens (tertiary/aromatic N) is 1. The predicted molar refractivity (Wildman–Crippen MR) is 76.0 cm³/mol. The van der Waals surface area contributed by atoms with E-state index in [0.717, 1.165) is 16.8 Å². The molecule has 0 spiro atoms. The molecule has 0 bridgehead atoms. The summed E-state index contributed by atoms with van der Waals surface area (Å²) in [5, 5.41) is 5.60. The van der Waals surface area contributed by atoms with Gasteiger partial charge < -0.3 is 5.32 Å². The van der Waals surface area contributed by atoms with Crippen LogP contribution in [-0.4, -0.2) is 15.7 Å². The lowest BCUT2D eigenvalue weighted by molar-refractivity contribution is -0.116. The Morgan fingerprint density at radius 3 is 2.55 bits per heavy atom. The Morgan fingerprint density at radius 1 is 1.15 bits per heavy atom. The monoisotopic (exact) mass is 293 g/mol. The summed E-state index contributed by atoms with van der Waals surface area (Å²) in [6.45, 7) is 0.105. The van der Waals surface area contributed by atoms with Gasteiger partial charge in [-0.15, -0.1) is 0 Å². The summed E-state index contributed by atoms with van der Waals surface area (Å²) in [5.74, 6) is -0.260. The topological polar surface area (TPSA) is 84.0 Å². The van der Waals surface area contributed by atoms with E-state index >= 15 is 0 Å². The number of nitrogens with one attached hydrogen (secondary N) is 2. The van der Waals surface area contributed by atoms with Crippen LogP contribution in [0, 0.1) is 0 Å². The molecule has 7 heteroatoms. The van der Waals surface area contributed by atoms with Gasteiger partial charge in [-0.1, -0.05) is 11.6 Å². The average Bonchev–Trinajstić information content (AvgIpc) is 2.42. The number of hydrogen-bond donors (Lipinski definition) is 2. The van der Waals surface area contributed by atoms with Crippen LogP contribution in [0.1, 0.15) is 6.42 Å². The van der Waals surface area contributed by atoms with E-state index < -0.39 is 0 Å². The van der Waals surface area contributed by atoms with Gasteiger partial charge in [0.15, 0.2) is 0 Å². The van der Waals surface area contributed by atoms with Crippen LogP contribution in [0.4, 0.5) is 5.69 Å². The lowest BCUT2D eigenvalue weighted by Crippen LogP contribution is -2.29. The first kappa shape index (κ1) is 14.1. The molecule has 2 rings (SSSR count). The molecule has 20 heavy (non-hydrogen) atoms. The van der Waals surface area contributed by atoms with E-state index in [-0.39, 0.29) is 30.0 Å². The first-order valence-electron chi connectivity index (χ1n) is 5.90. The van der Waals surface area contributed by atoms with E-state index in [1.807, 2.05) is 0 Å². The zero-order chi connectivity index (χ0) is 14.5.